The van der Waals surface area contributed by atoms with Gasteiger partial charge in [0.2, 0.25) is 0 Å². The number of nitrogens with one attached hydrogen (secondary N) is 1. The van der Waals surface area contributed by atoms with E-state index in [4.69, 9.17) is 14.5 Å². The number of aromatic nitrogens is 3. The highest BCUT2D eigenvalue weighted by atomic mass is 32.1. The molecule has 5 rings (SSSR count). The van der Waals surface area contributed by atoms with Gasteiger partial charge in [0.1, 0.15) is 16.6 Å². The number of benzene rings is 1. The van der Waals surface area contributed by atoms with Gasteiger partial charge in [-0.2, -0.15) is 0 Å². The highest BCUT2D eigenvalue weighted by molar-refractivity contribution is 7.18. The minimum atomic E-state index is -0.396. The van der Waals surface area contributed by atoms with Crippen molar-refractivity contribution in [3.8, 4) is 5.75 Å². The smallest absolute Gasteiger partial charge is 0.410 e. The van der Waals surface area contributed by atoms with Gasteiger partial charge in [-0.1, -0.05) is 23.5 Å². The van der Waals surface area contributed by atoms with Gasteiger partial charge >= 0.3 is 6.09 Å². The molecule has 3 aromatic rings. The molecule has 2 fully saturated rings. The minimum absolute atomic E-state index is 0.191. The number of fused-ring (bicyclic) bond motifs is 1. The molecule has 162 valence electrons. The number of carbonyl (C=O) groups is 1. The molecule has 1 aromatic carbocycles. The van der Waals surface area contributed by atoms with Crippen LogP contribution in [0.1, 0.15) is 48.1 Å². The van der Waals surface area contributed by atoms with Gasteiger partial charge in [0.25, 0.3) is 5.56 Å². The van der Waals surface area contributed by atoms with E-state index in [1.807, 2.05) is 25.1 Å². The average molecular weight is 441 g/mol. The molecule has 1 amide bonds. The summed E-state index contributed by atoms with van der Waals surface area (Å²) in [5, 5.41) is 0.723. The number of likely N-dealkylation sites (tertiary alicyclic amines) is 1. The van der Waals surface area contributed by atoms with Gasteiger partial charge in [0.15, 0.2) is 10.3 Å². The number of rotatable bonds is 5. The Balaban J connectivity index is 1.42. The van der Waals surface area contributed by atoms with E-state index in [1.54, 1.807) is 18.1 Å². The Bertz CT molecular complexity index is 1200. The summed E-state index contributed by atoms with van der Waals surface area (Å²) in [5.74, 6) is 1.19. The zero-order valence-corrected chi connectivity index (χ0v) is 18.3. The van der Waals surface area contributed by atoms with Crippen molar-refractivity contribution in [2.24, 2.45) is 0 Å². The molecule has 1 unspecified atom stereocenters. The van der Waals surface area contributed by atoms with E-state index in [-0.39, 0.29) is 17.0 Å². The fourth-order valence-electron chi connectivity index (χ4n) is 4.20. The van der Waals surface area contributed by atoms with E-state index >= 15 is 0 Å². The zero-order chi connectivity index (χ0) is 21.6. The standard InChI is InChI=1S/C22H24N4O4S/c1-13-5-3-6-14(11-13)30-21(28)26-10-4-7-15(26)18-23-16-17(27)24-20(25-19(16)31-18)22(8-9-22)12-29-2/h3,5-6,11,15H,4,7-10,12H2,1-2H3,(H,24,25,27). The van der Waals surface area contributed by atoms with Crippen molar-refractivity contribution in [2.45, 2.75) is 44.1 Å². The topological polar surface area (TPSA) is 97.4 Å². The lowest BCUT2D eigenvalue weighted by molar-refractivity contribution is 0.147. The minimum Gasteiger partial charge on any atom is -0.410 e. The number of nitrogens with zero attached hydrogens (tertiary/aromatic N) is 3. The summed E-state index contributed by atoms with van der Waals surface area (Å²) in [7, 11) is 1.66. The molecule has 1 atom stereocenters. The van der Waals surface area contributed by atoms with Gasteiger partial charge < -0.3 is 14.5 Å². The number of methoxy groups -OCH3 is 1. The second-order valence-corrected chi connectivity index (χ2v) is 9.38. The first-order chi connectivity index (χ1) is 15.0. The van der Waals surface area contributed by atoms with E-state index in [0.29, 0.717) is 35.1 Å². The third kappa shape index (κ3) is 3.72. The predicted octanol–water partition coefficient (Wildman–Crippen LogP) is 3.70. The molecule has 1 saturated carbocycles. The largest absolute Gasteiger partial charge is 0.415 e. The van der Waals surface area contributed by atoms with E-state index < -0.39 is 6.09 Å². The van der Waals surface area contributed by atoms with Gasteiger partial charge in [0.05, 0.1) is 18.1 Å². The second-order valence-electron chi connectivity index (χ2n) is 8.37. The van der Waals surface area contributed by atoms with Crippen LogP contribution in [0.25, 0.3) is 10.3 Å². The van der Waals surface area contributed by atoms with Crippen molar-refractivity contribution in [3.63, 3.8) is 0 Å². The fraction of sp³-hybridized carbons (Fsp3) is 0.455. The summed E-state index contributed by atoms with van der Waals surface area (Å²) in [6, 6.07) is 7.20. The second kappa shape index (κ2) is 7.72. The number of hydrogen-bond acceptors (Lipinski definition) is 7. The lowest BCUT2D eigenvalue weighted by Crippen LogP contribution is -2.33. The molecule has 1 aliphatic heterocycles. The summed E-state index contributed by atoms with van der Waals surface area (Å²) in [6.45, 7) is 3.08. The van der Waals surface area contributed by atoms with Gasteiger partial charge in [-0.15, -0.1) is 0 Å². The number of hydrogen-bond donors (Lipinski definition) is 1. The maximum atomic E-state index is 12.8. The van der Waals surface area contributed by atoms with E-state index in [9.17, 15) is 9.59 Å². The monoisotopic (exact) mass is 440 g/mol. The zero-order valence-electron chi connectivity index (χ0n) is 17.5. The maximum Gasteiger partial charge on any atom is 0.415 e. The van der Waals surface area contributed by atoms with Gasteiger partial charge in [-0.05, 0) is 50.3 Å². The number of thiazole rings is 1. The Morgan fingerprint density at radius 1 is 1.35 bits per heavy atom. The number of carbonyl (C=O) groups excluding carboxylic acids is 1. The first kappa shape index (κ1) is 20.1. The van der Waals surface area contributed by atoms with Crippen molar-refractivity contribution in [1.82, 2.24) is 19.9 Å². The lowest BCUT2D eigenvalue weighted by atomic mass is 10.1. The van der Waals surface area contributed by atoms with Crippen molar-refractivity contribution in [2.75, 3.05) is 20.3 Å². The van der Waals surface area contributed by atoms with Crippen molar-refractivity contribution in [3.05, 3.63) is 51.0 Å². The van der Waals surface area contributed by atoms with Crippen LogP contribution in [-0.2, 0) is 10.2 Å². The SMILES string of the molecule is COCC1(c2nc3sc(C4CCCN4C(=O)Oc4cccc(C)c4)nc3c(=O)[nH]2)CC1. The van der Waals surface area contributed by atoms with E-state index in [2.05, 4.69) is 9.97 Å². The number of ether oxygens (including phenoxy) is 2. The van der Waals surface area contributed by atoms with Crippen molar-refractivity contribution < 1.29 is 14.3 Å². The molecule has 9 heteroatoms. The van der Waals surface area contributed by atoms with Gasteiger partial charge in [0, 0.05) is 13.7 Å². The number of H-pyrrole nitrogens is 1. The molecular formula is C22H24N4O4S. The Morgan fingerprint density at radius 2 is 2.19 bits per heavy atom. The molecule has 2 aliphatic rings. The lowest BCUT2D eigenvalue weighted by Gasteiger charge is -2.22. The molecule has 1 N–H and O–H groups in total. The van der Waals surface area contributed by atoms with Crippen LogP contribution in [0.5, 0.6) is 5.75 Å². The normalized spacial score (nSPS) is 19.7. The Labute approximate surface area is 183 Å². The summed E-state index contributed by atoms with van der Waals surface area (Å²) >= 11 is 1.38. The summed E-state index contributed by atoms with van der Waals surface area (Å²) in [4.78, 5) is 40.0. The molecule has 1 aliphatic carbocycles. The molecular weight excluding hydrogens is 416 g/mol. The molecule has 0 bridgehead atoms. The van der Waals surface area contributed by atoms with Crippen LogP contribution in [0.15, 0.2) is 29.1 Å². The molecule has 3 heterocycles. The quantitative estimate of drug-likeness (QED) is 0.650. The molecule has 31 heavy (non-hydrogen) atoms. The number of aromatic amines is 1. The maximum absolute atomic E-state index is 12.8. The Morgan fingerprint density at radius 3 is 2.94 bits per heavy atom. The highest BCUT2D eigenvalue weighted by Crippen LogP contribution is 2.47. The molecule has 8 nitrogen and oxygen atoms in total. The van der Waals surface area contributed by atoms with Crippen LogP contribution in [0.3, 0.4) is 0 Å². The first-order valence-corrected chi connectivity index (χ1v) is 11.3. The predicted molar refractivity (Wildman–Crippen MR) is 117 cm³/mol. The molecule has 2 aromatic heterocycles. The van der Waals surface area contributed by atoms with Crippen LogP contribution in [-0.4, -0.2) is 46.2 Å². The van der Waals surface area contributed by atoms with Crippen LogP contribution in [0, 0.1) is 6.92 Å². The summed E-state index contributed by atoms with van der Waals surface area (Å²) < 4.78 is 10.9. The van der Waals surface area contributed by atoms with Crippen LogP contribution >= 0.6 is 11.3 Å². The highest BCUT2D eigenvalue weighted by Gasteiger charge is 2.47. The Hall–Kier alpha value is -2.78. The van der Waals surface area contributed by atoms with Crippen LogP contribution in [0.4, 0.5) is 4.79 Å². The Kier molecular flexibility index (Phi) is 5.02. The first-order valence-electron chi connectivity index (χ1n) is 10.4. The van der Waals surface area contributed by atoms with Crippen LogP contribution < -0.4 is 10.3 Å². The number of amides is 1. The molecule has 1 saturated heterocycles. The average Bonchev–Trinajstić information content (AvgIpc) is 3.17. The van der Waals surface area contributed by atoms with E-state index in [1.165, 1.54) is 11.3 Å². The third-order valence-electron chi connectivity index (χ3n) is 6.03. The fourth-order valence-corrected chi connectivity index (χ4v) is 5.29. The van der Waals surface area contributed by atoms with Crippen molar-refractivity contribution in [1.29, 1.82) is 0 Å². The molecule has 0 spiro atoms. The third-order valence-corrected chi connectivity index (χ3v) is 7.08. The van der Waals surface area contributed by atoms with E-state index in [0.717, 1.165) is 36.3 Å². The number of aryl methyl sites for hydroxylation is 1. The van der Waals surface area contributed by atoms with Crippen molar-refractivity contribution >= 4 is 27.8 Å². The summed E-state index contributed by atoms with van der Waals surface area (Å²) in [6.07, 6.45) is 3.13. The van der Waals surface area contributed by atoms with Crippen LogP contribution in [0.2, 0.25) is 0 Å². The van der Waals surface area contributed by atoms with Gasteiger partial charge in [-0.25, -0.2) is 14.8 Å². The molecule has 0 radical (unpaired) electrons. The summed E-state index contributed by atoms with van der Waals surface area (Å²) in [5.41, 5.74) is 0.925. The van der Waals surface area contributed by atoms with Gasteiger partial charge in [-0.3, -0.25) is 9.69 Å².